The van der Waals surface area contributed by atoms with E-state index >= 15 is 0 Å². The topological polar surface area (TPSA) is 117 Å². The van der Waals surface area contributed by atoms with Crippen LogP contribution in [0, 0.1) is 10.1 Å². The molecule has 0 saturated heterocycles. The van der Waals surface area contributed by atoms with E-state index in [0.717, 1.165) is 0 Å². The molecule has 0 saturated carbocycles. The molecule has 2 aromatic rings. The first-order valence-corrected chi connectivity index (χ1v) is 4.54. The van der Waals surface area contributed by atoms with Crippen molar-refractivity contribution in [2.24, 2.45) is 0 Å². The van der Waals surface area contributed by atoms with E-state index < -0.39 is 4.92 Å². The molecule has 17 heavy (non-hydrogen) atoms. The second-order valence-electron chi connectivity index (χ2n) is 3.07. The van der Waals surface area contributed by atoms with Crippen LogP contribution in [0.4, 0.5) is 11.6 Å². The highest BCUT2D eigenvalue weighted by Gasteiger charge is 2.22. The Morgan fingerprint density at radius 2 is 2.29 bits per heavy atom. The molecule has 0 radical (unpaired) electrons. The lowest BCUT2D eigenvalue weighted by molar-refractivity contribution is -0.385. The van der Waals surface area contributed by atoms with Crippen molar-refractivity contribution in [3.63, 3.8) is 0 Å². The Kier molecular flexibility index (Phi) is 2.61. The van der Waals surface area contributed by atoms with Gasteiger partial charge in [0, 0.05) is 6.07 Å². The third-order valence-corrected chi connectivity index (χ3v) is 2.07. The van der Waals surface area contributed by atoms with Crippen molar-refractivity contribution in [2.75, 3.05) is 12.8 Å². The van der Waals surface area contributed by atoms with Crippen LogP contribution >= 0.6 is 0 Å². The normalized spacial score (nSPS) is 10.2. The SMILES string of the molecule is COc1c(-c2nc(N)no2)cccc1[N+](=O)[O-]. The van der Waals surface area contributed by atoms with Gasteiger partial charge >= 0.3 is 5.69 Å². The molecule has 2 N–H and O–H groups in total. The summed E-state index contributed by atoms with van der Waals surface area (Å²) in [5, 5.41) is 14.2. The highest BCUT2D eigenvalue weighted by molar-refractivity contribution is 5.70. The number of rotatable bonds is 3. The zero-order valence-electron chi connectivity index (χ0n) is 8.78. The molecule has 1 heterocycles. The van der Waals surface area contributed by atoms with Crippen molar-refractivity contribution in [3.05, 3.63) is 28.3 Å². The second kappa shape index (κ2) is 4.08. The molecule has 8 heteroatoms. The van der Waals surface area contributed by atoms with Gasteiger partial charge in [0.05, 0.1) is 17.6 Å². The van der Waals surface area contributed by atoms with Crippen molar-refractivity contribution < 1.29 is 14.2 Å². The average molecular weight is 236 g/mol. The summed E-state index contributed by atoms with van der Waals surface area (Å²) in [4.78, 5) is 14.0. The van der Waals surface area contributed by atoms with E-state index in [4.69, 9.17) is 15.0 Å². The number of anilines is 1. The summed E-state index contributed by atoms with van der Waals surface area (Å²) in [5.74, 6) is 0.0813. The minimum atomic E-state index is -0.554. The second-order valence-corrected chi connectivity index (χ2v) is 3.07. The molecule has 0 aliphatic carbocycles. The Morgan fingerprint density at radius 1 is 1.53 bits per heavy atom. The van der Waals surface area contributed by atoms with Crippen LogP contribution in [0.5, 0.6) is 5.75 Å². The number of nitro benzene ring substituents is 1. The summed E-state index contributed by atoms with van der Waals surface area (Å²) in [6.07, 6.45) is 0. The molecule has 0 aliphatic heterocycles. The number of ether oxygens (including phenoxy) is 1. The molecule has 8 nitrogen and oxygen atoms in total. The van der Waals surface area contributed by atoms with Crippen molar-refractivity contribution in [1.29, 1.82) is 0 Å². The number of benzene rings is 1. The lowest BCUT2D eigenvalue weighted by atomic mass is 10.1. The number of nitrogens with two attached hydrogens (primary N) is 1. The summed E-state index contributed by atoms with van der Waals surface area (Å²) in [6.45, 7) is 0. The van der Waals surface area contributed by atoms with Gasteiger partial charge in [-0.05, 0) is 11.2 Å². The van der Waals surface area contributed by atoms with E-state index in [2.05, 4.69) is 10.1 Å². The molecule has 2 rings (SSSR count). The predicted octanol–water partition coefficient (Wildman–Crippen LogP) is 1.24. The largest absolute Gasteiger partial charge is 0.490 e. The molecule has 0 spiro atoms. The fourth-order valence-electron chi connectivity index (χ4n) is 1.40. The van der Waals surface area contributed by atoms with Gasteiger partial charge in [0.1, 0.15) is 0 Å². The summed E-state index contributed by atoms with van der Waals surface area (Å²) >= 11 is 0. The van der Waals surface area contributed by atoms with Gasteiger partial charge in [0.25, 0.3) is 11.8 Å². The number of nitrogen functional groups attached to an aromatic ring is 1. The van der Waals surface area contributed by atoms with Gasteiger partial charge in [0.15, 0.2) is 0 Å². The van der Waals surface area contributed by atoms with Crippen molar-refractivity contribution in [2.45, 2.75) is 0 Å². The minimum Gasteiger partial charge on any atom is -0.490 e. The first kappa shape index (κ1) is 10.9. The van der Waals surface area contributed by atoms with Crippen LogP contribution in [-0.2, 0) is 0 Å². The zero-order valence-corrected chi connectivity index (χ0v) is 8.78. The van der Waals surface area contributed by atoms with Gasteiger partial charge in [-0.15, -0.1) is 0 Å². The number of aromatic nitrogens is 2. The highest BCUT2D eigenvalue weighted by Crippen LogP contribution is 2.36. The number of methoxy groups -OCH3 is 1. The third kappa shape index (κ3) is 1.87. The van der Waals surface area contributed by atoms with Crippen LogP contribution in [0.3, 0.4) is 0 Å². The van der Waals surface area contributed by atoms with E-state index in [1.54, 1.807) is 6.07 Å². The Labute approximate surface area is 95.1 Å². The van der Waals surface area contributed by atoms with Crippen molar-refractivity contribution in [3.8, 4) is 17.2 Å². The quantitative estimate of drug-likeness (QED) is 0.628. The van der Waals surface area contributed by atoms with Crippen LogP contribution in [0.15, 0.2) is 22.7 Å². The standard InChI is InChI=1S/C9H8N4O4/c1-16-7-5(8-11-9(10)12-17-8)3-2-4-6(7)13(14)15/h2-4H,1H3,(H2,10,12). The zero-order chi connectivity index (χ0) is 12.4. The Balaban J connectivity index is 2.61. The van der Waals surface area contributed by atoms with E-state index in [1.807, 2.05) is 0 Å². The van der Waals surface area contributed by atoms with Gasteiger partial charge in [-0.2, -0.15) is 4.98 Å². The van der Waals surface area contributed by atoms with Gasteiger partial charge in [0.2, 0.25) is 5.75 Å². The number of hydrogen-bond acceptors (Lipinski definition) is 7. The summed E-state index contributed by atoms with van der Waals surface area (Å²) in [5.41, 5.74) is 5.46. The van der Waals surface area contributed by atoms with Crippen molar-refractivity contribution in [1.82, 2.24) is 10.1 Å². The molecule has 1 aromatic heterocycles. The molecule has 0 bridgehead atoms. The molecule has 88 valence electrons. The first-order chi connectivity index (χ1) is 8.13. The Morgan fingerprint density at radius 3 is 2.82 bits per heavy atom. The molecular formula is C9H8N4O4. The summed E-state index contributed by atoms with van der Waals surface area (Å²) < 4.78 is 9.83. The Bertz CT molecular complexity index is 566. The van der Waals surface area contributed by atoms with Gasteiger partial charge < -0.3 is 15.0 Å². The number of nitro groups is 1. The highest BCUT2D eigenvalue weighted by atomic mass is 16.6. The summed E-state index contributed by atoms with van der Waals surface area (Å²) in [7, 11) is 1.32. The molecule has 1 aromatic carbocycles. The van der Waals surface area contributed by atoms with E-state index in [9.17, 15) is 10.1 Å². The molecule has 0 fully saturated rings. The molecule has 0 aliphatic rings. The lowest BCUT2D eigenvalue weighted by Crippen LogP contribution is -1.96. The average Bonchev–Trinajstić information content (AvgIpc) is 2.74. The van der Waals surface area contributed by atoms with Gasteiger partial charge in [-0.1, -0.05) is 6.07 Å². The monoisotopic (exact) mass is 236 g/mol. The third-order valence-electron chi connectivity index (χ3n) is 2.07. The fourth-order valence-corrected chi connectivity index (χ4v) is 1.40. The predicted molar refractivity (Wildman–Crippen MR) is 57.4 cm³/mol. The first-order valence-electron chi connectivity index (χ1n) is 4.54. The van der Waals surface area contributed by atoms with Crippen LogP contribution in [0.1, 0.15) is 0 Å². The van der Waals surface area contributed by atoms with E-state index in [1.165, 1.54) is 19.2 Å². The molecular weight excluding hydrogens is 228 g/mol. The van der Waals surface area contributed by atoms with E-state index in [0.29, 0.717) is 5.56 Å². The van der Waals surface area contributed by atoms with E-state index in [-0.39, 0.29) is 23.3 Å². The maximum atomic E-state index is 10.8. The fraction of sp³-hybridized carbons (Fsp3) is 0.111. The number of para-hydroxylation sites is 1. The lowest BCUT2D eigenvalue weighted by Gasteiger charge is -2.04. The molecule has 0 unspecified atom stereocenters. The number of nitrogens with zero attached hydrogens (tertiary/aromatic N) is 3. The minimum absolute atomic E-state index is 0.0476. The van der Waals surface area contributed by atoms with Crippen LogP contribution < -0.4 is 10.5 Å². The molecule has 0 atom stereocenters. The maximum absolute atomic E-state index is 10.8. The van der Waals surface area contributed by atoms with Crippen LogP contribution in [0.2, 0.25) is 0 Å². The smallest absolute Gasteiger partial charge is 0.311 e. The number of hydrogen-bond donors (Lipinski definition) is 1. The van der Waals surface area contributed by atoms with Gasteiger partial charge in [-0.3, -0.25) is 10.1 Å². The maximum Gasteiger partial charge on any atom is 0.311 e. The summed E-state index contributed by atoms with van der Waals surface area (Å²) in [6, 6.07) is 4.39. The van der Waals surface area contributed by atoms with Crippen LogP contribution in [-0.4, -0.2) is 22.2 Å². The van der Waals surface area contributed by atoms with Gasteiger partial charge in [-0.25, -0.2) is 0 Å². The van der Waals surface area contributed by atoms with Crippen LogP contribution in [0.25, 0.3) is 11.5 Å². The molecule has 0 amide bonds. The Hall–Kier alpha value is -2.64. The van der Waals surface area contributed by atoms with Crippen molar-refractivity contribution >= 4 is 11.6 Å².